The van der Waals surface area contributed by atoms with Crippen LogP contribution in [0.3, 0.4) is 0 Å². The molecule has 1 aliphatic heterocycles. The highest BCUT2D eigenvalue weighted by Crippen LogP contribution is 2.28. The van der Waals surface area contributed by atoms with E-state index in [1.54, 1.807) is 37.4 Å². The number of carbonyl (C=O) groups is 3. The Kier molecular flexibility index (Phi) is 5.93. The molecule has 2 aromatic carbocycles. The molecule has 1 heterocycles. The summed E-state index contributed by atoms with van der Waals surface area (Å²) in [6.07, 6.45) is 1.42. The normalized spacial score (nSPS) is 16.5. The second-order valence-corrected chi connectivity index (χ2v) is 7.29. The second kappa shape index (κ2) is 8.38. The van der Waals surface area contributed by atoms with Crippen LogP contribution in [0.25, 0.3) is 0 Å². The predicted octanol–water partition coefficient (Wildman–Crippen LogP) is 3.62. The van der Waals surface area contributed by atoms with Crippen LogP contribution in [0.4, 0.5) is 0 Å². The minimum atomic E-state index is -0.536. The summed E-state index contributed by atoms with van der Waals surface area (Å²) in [5.41, 5.74) is 2.83. The SMILES string of the molecule is COc1c(C)cc(C(=O)[C@H]2CCCN(C(=O)C(=O)c3ccccc3)C2)cc1C. The van der Waals surface area contributed by atoms with Crippen LogP contribution in [-0.4, -0.2) is 42.6 Å². The molecule has 0 saturated carbocycles. The maximum atomic E-state index is 13.0. The third kappa shape index (κ3) is 3.98. The maximum absolute atomic E-state index is 13.0. The van der Waals surface area contributed by atoms with E-state index in [2.05, 4.69) is 0 Å². The summed E-state index contributed by atoms with van der Waals surface area (Å²) in [7, 11) is 1.62. The first-order valence-corrected chi connectivity index (χ1v) is 9.50. The number of aryl methyl sites for hydroxylation is 2. The number of ketones is 2. The molecule has 0 unspecified atom stereocenters. The molecule has 1 saturated heterocycles. The Morgan fingerprint density at radius 1 is 1.00 bits per heavy atom. The summed E-state index contributed by atoms with van der Waals surface area (Å²) >= 11 is 0. The van der Waals surface area contributed by atoms with Crippen molar-refractivity contribution >= 4 is 17.5 Å². The molecule has 1 atom stereocenters. The second-order valence-electron chi connectivity index (χ2n) is 7.29. The highest BCUT2D eigenvalue weighted by Gasteiger charge is 2.32. The fraction of sp³-hybridized carbons (Fsp3) is 0.348. The number of nitrogens with zero attached hydrogens (tertiary/aromatic N) is 1. The number of piperidine rings is 1. The Morgan fingerprint density at radius 2 is 1.64 bits per heavy atom. The van der Waals surface area contributed by atoms with Crippen LogP contribution in [0.1, 0.15) is 44.7 Å². The van der Waals surface area contributed by atoms with E-state index in [4.69, 9.17) is 4.74 Å². The van der Waals surface area contributed by atoms with Crippen molar-refractivity contribution in [1.29, 1.82) is 0 Å². The Balaban J connectivity index is 1.75. The van der Waals surface area contributed by atoms with E-state index < -0.39 is 11.7 Å². The first-order chi connectivity index (χ1) is 13.4. The Labute approximate surface area is 165 Å². The lowest BCUT2D eigenvalue weighted by Gasteiger charge is -2.31. The predicted molar refractivity (Wildman–Crippen MR) is 107 cm³/mol. The molecule has 146 valence electrons. The van der Waals surface area contributed by atoms with Gasteiger partial charge in [0.2, 0.25) is 5.78 Å². The number of benzene rings is 2. The quantitative estimate of drug-likeness (QED) is 0.588. The minimum Gasteiger partial charge on any atom is -0.496 e. The van der Waals surface area contributed by atoms with Gasteiger partial charge in [-0.3, -0.25) is 14.4 Å². The molecule has 3 rings (SSSR count). The Morgan fingerprint density at radius 3 is 2.25 bits per heavy atom. The lowest BCUT2D eigenvalue weighted by molar-refractivity contribution is -0.127. The number of rotatable bonds is 5. The van der Waals surface area contributed by atoms with E-state index in [1.165, 1.54) is 4.90 Å². The summed E-state index contributed by atoms with van der Waals surface area (Å²) < 4.78 is 5.37. The van der Waals surface area contributed by atoms with E-state index in [-0.39, 0.29) is 18.2 Å². The smallest absolute Gasteiger partial charge is 0.294 e. The third-order valence-electron chi connectivity index (χ3n) is 5.26. The molecule has 0 radical (unpaired) electrons. The molecule has 0 spiro atoms. The minimum absolute atomic E-state index is 0.0125. The number of ether oxygens (including phenoxy) is 1. The number of amides is 1. The fourth-order valence-corrected chi connectivity index (χ4v) is 3.88. The Hall–Kier alpha value is -2.95. The average Bonchev–Trinajstić information content (AvgIpc) is 2.72. The topological polar surface area (TPSA) is 63.7 Å². The molecule has 5 heteroatoms. The highest BCUT2D eigenvalue weighted by atomic mass is 16.5. The van der Waals surface area contributed by atoms with E-state index in [1.807, 2.05) is 26.0 Å². The van der Waals surface area contributed by atoms with E-state index in [0.717, 1.165) is 16.9 Å². The lowest BCUT2D eigenvalue weighted by Crippen LogP contribution is -2.45. The van der Waals surface area contributed by atoms with Gasteiger partial charge >= 0.3 is 0 Å². The van der Waals surface area contributed by atoms with Crippen LogP contribution >= 0.6 is 0 Å². The van der Waals surface area contributed by atoms with Crippen molar-refractivity contribution in [3.8, 4) is 5.75 Å². The van der Waals surface area contributed by atoms with Gasteiger partial charge in [-0.1, -0.05) is 30.3 Å². The zero-order chi connectivity index (χ0) is 20.3. The van der Waals surface area contributed by atoms with E-state index >= 15 is 0 Å². The van der Waals surface area contributed by atoms with Gasteiger partial charge in [0.25, 0.3) is 5.91 Å². The van der Waals surface area contributed by atoms with Crippen molar-refractivity contribution in [3.63, 3.8) is 0 Å². The summed E-state index contributed by atoms with van der Waals surface area (Å²) in [6, 6.07) is 12.2. The highest BCUT2D eigenvalue weighted by molar-refractivity contribution is 6.42. The summed E-state index contributed by atoms with van der Waals surface area (Å²) in [6.45, 7) is 4.61. The van der Waals surface area contributed by atoms with Crippen molar-refractivity contribution in [2.75, 3.05) is 20.2 Å². The number of Topliss-reactive ketones (excluding diaryl/α,β-unsaturated/α-hetero) is 2. The molecule has 0 bridgehead atoms. The van der Waals surface area contributed by atoms with Gasteiger partial charge in [-0.15, -0.1) is 0 Å². The molecule has 0 N–H and O–H groups in total. The zero-order valence-electron chi connectivity index (χ0n) is 16.5. The van der Waals surface area contributed by atoms with Crippen molar-refractivity contribution in [2.45, 2.75) is 26.7 Å². The standard InChI is InChI=1S/C23H25NO4/c1-15-12-19(13-16(2)22(15)28-3)20(25)18-10-7-11-24(14-18)23(27)21(26)17-8-5-4-6-9-17/h4-6,8-9,12-13,18H,7,10-11,14H2,1-3H3/t18-/m0/s1. The van der Waals surface area contributed by atoms with Crippen LogP contribution in [-0.2, 0) is 4.79 Å². The molecule has 1 amide bonds. The molecule has 2 aromatic rings. The van der Waals surface area contributed by atoms with Crippen LogP contribution in [0.2, 0.25) is 0 Å². The zero-order valence-corrected chi connectivity index (χ0v) is 16.5. The fourth-order valence-electron chi connectivity index (χ4n) is 3.88. The van der Waals surface area contributed by atoms with Crippen LogP contribution < -0.4 is 4.74 Å². The first kappa shape index (κ1) is 19.8. The monoisotopic (exact) mass is 379 g/mol. The van der Waals surface area contributed by atoms with Gasteiger partial charge < -0.3 is 9.64 Å². The number of methoxy groups -OCH3 is 1. The van der Waals surface area contributed by atoms with Crippen molar-refractivity contribution in [2.24, 2.45) is 5.92 Å². The third-order valence-corrected chi connectivity index (χ3v) is 5.26. The molecule has 1 fully saturated rings. The van der Waals surface area contributed by atoms with Crippen LogP contribution in [0.15, 0.2) is 42.5 Å². The maximum Gasteiger partial charge on any atom is 0.294 e. The molecule has 0 aromatic heterocycles. The lowest BCUT2D eigenvalue weighted by atomic mass is 9.88. The molecule has 1 aliphatic rings. The Bertz CT molecular complexity index is 881. The van der Waals surface area contributed by atoms with E-state index in [9.17, 15) is 14.4 Å². The average molecular weight is 379 g/mol. The summed E-state index contributed by atoms with van der Waals surface area (Å²) in [4.78, 5) is 39.7. The van der Waals surface area contributed by atoms with Crippen molar-refractivity contribution < 1.29 is 19.1 Å². The van der Waals surface area contributed by atoms with E-state index in [0.29, 0.717) is 30.5 Å². The van der Waals surface area contributed by atoms with Crippen molar-refractivity contribution in [1.82, 2.24) is 4.90 Å². The van der Waals surface area contributed by atoms with Gasteiger partial charge in [-0.25, -0.2) is 0 Å². The number of carbonyl (C=O) groups excluding carboxylic acids is 3. The number of likely N-dealkylation sites (tertiary alicyclic amines) is 1. The van der Waals surface area contributed by atoms with Crippen molar-refractivity contribution in [3.05, 3.63) is 64.7 Å². The van der Waals surface area contributed by atoms with Gasteiger partial charge in [0, 0.05) is 30.1 Å². The molecule has 0 aliphatic carbocycles. The van der Waals surface area contributed by atoms with Gasteiger partial charge in [-0.05, 0) is 49.9 Å². The van der Waals surface area contributed by atoms with Gasteiger partial charge in [0.1, 0.15) is 5.75 Å². The molecular formula is C23H25NO4. The molecule has 5 nitrogen and oxygen atoms in total. The largest absolute Gasteiger partial charge is 0.496 e. The number of hydrogen-bond acceptors (Lipinski definition) is 4. The molecular weight excluding hydrogens is 354 g/mol. The van der Waals surface area contributed by atoms with Gasteiger partial charge in [-0.2, -0.15) is 0 Å². The van der Waals surface area contributed by atoms with Gasteiger partial charge in [0.15, 0.2) is 5.78 Å². The van der Waals surface area contributed by atoms with Crippen LogP contribution in [0, 0.1) is 19.8 Å². The van der Waals surface area contributed by atoms with Crippen LogP contribution in [0.5, 0.6) is 5.75 Å². The van der Waals surface area contributed by atoms with Gasteiger partial charge in [0.05, 0.1) is 7.11 Å². The summed E-state index contributed by atoms with van der Waals surface area (Å²) in [5, 5.41) is 0. The first-order valence-electron chi connectivity index (χ1n) is 9.50. The number of hydrogen-bond donors (Lipinski definition) is 0. The summed E-state index contributed by atoms with van der Waals surface area (Å²) in [5.74, 6) is -0.562. The molecule has 28 heavy (non-hydrogen) atoms.